The molecule has 4 heteroatoms. The second-order valence-corrected chi connectivity index (χ2v) is 8.42. The van der Waals surface area contributed by atoms with Crippen molar-refractivity contribution in [1.82, 2.24) is 0 Å². The monoisotopic (exact) mass is 346 g/mol. The molecule has 1 aromatic rings. The molecule has 25 heavy (non-hydrogen) atoms. The third-order valence-electron chi connectivity index (χ3n) is 7.18. The summed E-state index contributed by atoms with van der Waals surface area (Å²) in [5.41, 5.74) is 1.70. The van der Waals surface area contributed by atoms with Crippen molar-refractivity contribution in [2.24, 2.45) is 22.7 Å². The van der Waals surface area contributed by atoms with E-state index in [1.807, 2.05) is 12.3 Å². The number of esters is 1. The smallest absolute Gasteiger partial charge is 0.334 e. The molecule has 0 aliphatic heterocycles. The number of methoxy groups -OCH3 is 1. The molecule has 0 saturated heterocycles. The number of hydrogen-bond acceptors (Lipinski definition) is 4. The van der Waals surface area contributed by atoms with E-state index in [0.29, 0.717) is 17.9 Å². The van der Waals surface area contributed by atoms with Crippen molar-refractivity contribution in [2.75, 3.05) is 7.11 Å². The van der Waals surface area contributed by atoms with Gasteiger partial charge in [0.25, 0.3) is 0 Å². The lowest BCUT2D eigenvalue weighted by Crippen LogP contribution is -2.53. The zero-order valence-electron chi connectivity index (χ0n) is 15.7. The molecular weight excluding hydrogens is 316 g/mol. The van der Waals surface area contributed by atoms with Crippen LogP contribution in [0, 0.1) is 22.7 Å². The van der Waals surface area contributed by atoms with Crippen LogP contribution in [-0.2, 0) is 16.0 Å². The van der Waals surface area contributed by atoms with Crippen LogP contribution in [0.25, 0.3) is 0 Å². The summed E-state index contributed by atoms with van der Waals surface area (Å²) in [4.78, 5) is 12.4. The Morgan fingerprint density at radius 3 is 2.84 bits per heavy atom. The number of aliphatic hydroxyl groups excluding tert-OH is 1. The van der Waals surface area contributed by atoms with Crippen molar-refractivity contribution in [1.29, 1.82) is 0 Å². The Morgan fingerprint density at radius 2 is 2.20 bits per heavy atom. The SMILES string of the molecule is COC(=O)C1=C[C@H](O)C[C@H]2[C@](C)(CCc3ccoc3)[C@H](C)CC[C@@]12C. The fraction of sp³-hybridized carbons (Fsp3) is 0.667. The van der Waals surface area contributed by atoms with Gasteiger partial charge in [-0.05, 0) is 67.1 Å². The number of fused-ring (bicyclic) bond motifs is 1. The highest BCUT2D eigenvalue weighted by molar-refractivity contribution is 5.90. The molecule has 0 spiro atoms. The van der Waals surface area contributed by atoms with Gasteiger partial charge in [0.1, 0.15) is 0 Å². The molecule has 1 aromatic heterocycles. The molecule has 0 radical (unpaired) electrons. The van der Waals surface area contributed by atoms with Gasteiger partial charge in [-0.25, -0.2) is 4.79 Å². The number of aryl methyl sites for hydroxylation is 1. The Morgan fingerprint density at radius 1 is 1.44 bits per heavy atom. The second kappa shape index (κ2) is 6.64. The summed E-state index contributed by atoms with van der Waals surface area (Å²) in [6.45, 7) is 6.85. The van der Waals surface area contributed by atoms with Crippen molar-refractivity contribution in [3.8, 4) is 0 Å². The maximum Gasteiger partial charge on any atom is 0.334 e. The summed E-state index contributed by atoms with van der Waals surface area (Å²) in [6, 6.07) is 2.02. The van der Waals surface area contributed by atoms with Crippen LogP contribution >= 0.6 is 0 Å². The highest BCUT2D eigenvalue weighted by Gasteiger charge is 2.56. The molecule has 5 atom stereocenters. The lowest BCUT2D eigenvalue weighted by molar-refractivity contribution is -0.141. The molecule has 0 bridgehead atoms. The Balaban J connectivity index is 1.93. The molecule has 0 amide bonds. The van der Waals surface area contributed by atoms with Gasteiger partial charge in [-0.1, -0.05) is 20.8 Å². The van der Waals surface area contributed by atoms with E-state index in [0.717, 1.165) is 25.7 Å². The van der Waals surface area contributed by atoms with Crippen LogP contribution in [0.3, 0.4) is 0 Å². The summed E-state index contributed by atoms with van der Waals surface area (Å²) in [5, 5.41) is 10.4. The van der Waals surface area contributed by atoms with Crippen LogP contribution in [0.15, 0.2) is 34.7 Å². The van der Waals surface area contributed by atoms with Gasteiger partial charge >= 0.3 is 5.97 Å². The molecule has 1 fully saturated rings. The van der Waals surface area contributed by atoms with Gasteiger partial charge in [0.2, 0.25) is 0 Å². The fourth-order valence-corrected chi connectivity index (χ4v) is 5.32. The lowest BCUT2D eigenvalue weighted by atomic mass is 9.46. The molecule has 1 N–H and O–H groups in total. The first-order chi connectivity index (χ1) is 11.8. The first kappa shape index (κ1) is 18.2. The molecule has 0 aromatic carbocycles. The van der Waals surface area contributed by atoms with Crippen LogP contribution in [-0.4, -0.2) is 24.3 Å². The number of carbonyl (C=O) groups excluding carboxylic acids is 1. The van der Waals surface area contributed by atoms with Crippen LogP contribution in [0.1, 0.15) is 52.0 Å². The van der Waals surface area contributed by atoms with E-state index in [9.17, 15) is 9.90 Å². The van der Waals surface area contributed by atoms with Crippen LogP contribution < -0.4 is 0 Å². The minimum absolute atomic E-state index is 0.0543. The van der Waals surface area contributed by atoms with Crippen molar-refractivity contribution in [3.63, 3.8) is 0 Å². The average Bonchev–Trinajstić information content (AvgIpc) is 3.11. The number of furan rings is 1. The predicted octanol–water partition coefficient (Wildman–Crippen LogP) is 4.13. The molecule has 1 saturated carbocycles. The Bertz CT molecular complexity index is 647. The van der Waals surface area contributed by atoms with Crippen molar-refractivity contribution in [2.45, 2.75) is 59.0 Å². The van der Waals surface area contributed by atoms with E-state index >= 15 is 0 Å². The van der Waals surface area contributed by atoms with E-state index in [4.69, 9.17) is 9.15 Å². The molecule has 138 valence electrons. The van der Waals surface area contributed by atoms with Gasteiger partial charge in [-0.3, -0.25) is 0 Å². The number of aliphatic hydroxyl groups is 1. The second-order valence-electron chi connectivity index (χ2n) is 8.42. The first-order valence-corrected chi connectivity index (χ1v) is 9.31. The van der Waals surface area contributed by atoms with Gasteiger partial charge in [-0.15, -0.1) is 0 Å². The van der Waals surface area contributed by atoms with E-state index in [1.54, 1.807) is 12.3 Å². The number of ether oxygens (including phenoxy) is 1. The predicted molar refractivity (Wildman–Crippen MR) is 95.9 cm³/mol. The summed E-state index contributed by atoms with van der Waals surface area (Å²) < 4.78 is 10.2. The zero-order chi connectivity index (χ0) is 18.2. The minimum Gasteiger partial charge on any atom is -0.472 e. The fourth-order valence-electron chi connectivity index (χ4n) is 5.32. The summed E-state index contributed by atoms with van der Waals surface area (Å²) in [5.74, 6) is 0.504. The van der Waals surface area contributed by atoms with Crippen LogP contribution in [0.5, 0.6) is 0 Å². The van der Waals surface area contributed by atoms with Crippen LogP contribution in [0.2, 0.25) is 0 Å². The molecular formula is C21H30O4. The molecule has 0 unspecified atom stereocenters. The molecule has 4 nitrogen and oxygen atoms in total. The third-order valence-corrected chi connectivity index (χ3v) is 7.18. The third kappa shape index (κ3) is 3.05. The van der Waals surface area contributed by atoms with E-state index in [1.165, 1.54) is 12.7 Å². The van der Waals surface area contributed by atoms with Crippen molar-refractivity contribution in [3.05, 3.63) is 35.8 Å². The molecule has 2 aliphatic carbocycles. The highest BCUT2D eigenvalue weighted by Crippen LogP contribution is 2.61. The van der Waals surface area contributed by atoms with Crippen molar-refractivity contribution >= 4 is 5.97 Å². The maximum atomic E-state index is 12.4. The number of hydrogen-bond donors (Lipinski definition) is 1. The van der Waals surface area contributed by atoms with Gasteiger partial charge in [0.15, 0.2) is 0 Å². The highest BCUT2D eigenvalue weighted by atomic mass is 16.5. The Kier molecular flexibility index (Phi) is 4.84. The maximum absolute atomic E-state index is 12.4. The van der Waals surface area contributed by atoms with Gasteiger partial charge in [-0.2, -0.15) is 0 Å². The molecule has 1 heterocycles. The summed E-state index contributed by atoms with van der Waals surface area (Å²) in [7, 11) is 1.42. The van der Waals surface area contributed by atoms with Gasteiger partial charge in [0.05, 0.1) is 25.7 Å². The standard InChI is InChI=1S/C21H30O4/c1-14-5-8-21(3)17(19(23)24-4)11-16(22)12-18(21)20(14,2)9-6-15-7-10-25-13-15/h7,10-11,13-14,16,18,22H,5-6,8-9,12H2,1-4H3/t14-,16+,18+,20-,21+/m1/s1. The lowest BCUT2D eigenvalue weighted by Gasteiger charge is -2.58. The zero-order valence-corrected chi connectivity index (χ0v) is 15.7. The normalized spacial score (nSPS) is 38.0. The van der Waals surface area contributed by atoms with Gasteiger partial charge in [0, 0.05) is 11.0 Å². The quantitative estimate of drug-likeness (QED) is 0.833. The Hall–Kier alpha value is -1.55. The minimum atomic E-state index is -0.578. The number of carbonyl (C=O) groups is 1. The van der Waals surface area contributed by atoms with Crippen LogP contribution in [0.4, 0.5) is 0 Å². The molecule has 2 aliphatic rings. The topological polar surface area (TPSA) is 59.7 Å². The first-order valence-electron chi connectivity index (χ1n) is 9.31. The van der Waals surface area contributed by atoms with E-state index in [-0.39, 0.29) is 22.7 Å². The summed E-state index contributed by atoms with van der Waals surface area (Å²) in [6.07, 6.45) is 9.42. The average molecular weight is 346 g/mol. The largest absolute Gasteiger partial charge is 0.472 e. The van der Waals surface area contributed by atoms with Gasteiger partial charge < -0.3 is 14.3 Å². The molecule has 3 rings (SSSR count). The van der Waals surface area contributed by atoms with E-state index < -0.39 is 6.10 Å². The summed E-state index contributed by atoms with van der Waals surface area (Å²) >= 11 is 0. The van der Waals surface area contributed by atoms with Crippen molar-refractivity contribution < 1.29 is 19.1 Å². The van der Waals surface area contributed by atoms with E-state index in [2.05, 4.69) is 20.8 Å². The Labute approximate surface area is 150 Å². The number of rotatable bonds is 4.